The zero-order chi connectivity index (χ0) is 39.8. The summed E-state index contributed by atoms with van der Waals surface area (Å²) in [5.41, 5.74) is 15.0. The monoisotopic (exact) mass is 766 g/mol. The molecule has 1 aromatic heterocycles. The maximum atomic E-state index is 6.62. The van der Waals surface area contributed by atoms with Gasteiger partial charge in [0.15, 0.2) is 5.58 Å². The molecule has 60 heavy (non-hydrogen) atoms. The molecule has 0 radical (unpaired) electrons. The van der Waals surface area contributed by atoms with Crippen LogP contribution < -0.4 is 4.90 Å². The summed E-state index contributed by atoms with van der Waals surface area (Å²) >= 11 is 0. The number of aromatic nitrogens is 1. The van der Waals surface area contributed by atoms with Gasteiger partial charge in [0.2, 0.25) is 5.89 Å². The lowest BCUT2D eigenvalue weighted by molar-refractivity contribution is 0.623. The molecule has 0 saturated carbocycles. The number of fused-ring (bicyclic) bond motifs is 4. The van der Waals surface area contributed by atoms with Crippen LogP contribution in [0.15, 0.2) is 235 Å². The summed E-state index contributed by atoms with van der Waals surface area (Å²) in [7, 11) is 0. The van der Waals surface area contributed by atoms with Gasteiger partial charge in [0, 0.05) is 28.0 Å². The minimum absolute atomic E-state index is 0.605. The number of hydrogen-bond donors (Lipinski definition) is 0. The van der Waals surface area contributed by atoms with E-state index in [9.17, 15) is 0 Å². The molecule has 1 heterocycles. The normalized spacial score (nSPS) is 11.3. The third kappa shape index (κ3) is 6.58. The molecule has 282 valence electrons. The maximum Gasteiger partial charge on any atom is 0.227 e. The van der Waals surface area contributed by atoms with Crippen LogP contribution in [-0.4, -0.2) is 4.98 Å². The van der Waals surface area contributed by atoms with E-state index in [0.29, 0.717) is 5.89 Å². The Labute approximate surface area is 349 Å². The van der Waals surface area contributed by atoms with Gasteiger partial charge >= 0.3 is 0 Å². The zero-order valence-electron chi connectivity index (χ0n) is 32.7. The number of nitrogens with zero attached hydrogens (tertiary/aromatic N) is 2. The van der Waals surface area contributed by atoms with Crippen molar-refractivity contribution in [3.05, 3.63) is 231 Å². The Kier molecular flexibility index (Phi) is 8.83. The predicted octanol–water partition coefficient (Wildman–Crippen LogP) is 15.9. The molecule has 0 aliphatic carbocycles. The average Bonchev–Trinajstić information content (AvgIpc) is 3.77. The highest BCUT2D eigenvalue weighted by Crippen LogP contribution is 2.43. The Morgan fingerprint density at radius 3 is 1.53 bits per heavy atom. The predicted molar refractivity (Wildman–Crippen MR) is 251 cm³/mol. The summed E-state index contributed by atoms with van der Waals surface area (Å²) in [5.74, 6) is 0.605. The van der Waals surface area contributed by atoms with Gasteiger partial charge in [-0.2, -0.15) is 0 Å². The average molecular weight is 767 g/mol. The van der Waals surface area contributed by atoms with Crippen LogP contribution in [0.25, 0.3) is 88.6 Å². The van der Waals surface area contributed by atoms with Crippen molar-refractivity contribution in [1.82, 2.24) is 4.98 Å². The van der Waals surface area contributed by atoms with Crippen LogP contribution in [0.5, 0.6) is 0 Å². The highest BCUT2D eigenvalue weighted by atomic mass is 16.3. The van der Waals surface area contributed by atoms with E-state index in [1.54, 1.807) is 0 Å². The van der Waals surface area contributed by atoms with Crippen molar-refractivity contribution in [3.8, 4) is 56.0 Å². The third-order valence-electron chi connectivity index (χ3n) is 11.4. The van der Waals surface area contributed by atoms with Gasteiger partial charge in [0.1, 0.15) is 5.52 Å². The number of para-hydroxylation sites is 1. The largest absolute Gasteiger partial charge is 0.435 e. The van der Waals surface area contributed by atoms with Gasteiger partial charge in [-0.25, -0.2) is 4.98 Å². The van der Waals surface area contributed by atoms with E-state index >= 15 is 0 Å². The van der Waals surface area contributed by atoms with E-state index in [0.717, 1.165) is 72.3 Å². The fraction of sp³-hybridized carbons (Fsp3) is 0. The van der Waals surface area contributed by atoms with Gasteiger partial charge in [-0.15, -0.1) is 0 Å². The first-order valence-electron chi connectivity index (χ1n) is 20.4. The summed E-state index contributed by atoms with van der Waals surface area (Å²) in [6, 6.07) is 81.9. The van der Waals surface area contributed by atoms with E-state index in [1.807, 2.05) is 6.07 Å². The molecule has 0 aliphatic rings. The number of rotatable bonds is 8. The number of benzene rings is 10. The molecule has 0 bridgehead atoms. The molecule has 0 N–H and O–H groups in total. The van der Waals surface area contributed by atoms with Gasteiger partial charge < -0.3 is 9.32 Å². The van der Waals surface area contributed by atoms with Crippen molar-refractivity contribution < 1.29 is 4.42 Å². The molecule has 0 spiro atoms. The third-order valence-corrected chi connectivity index (χ3v) is 11.4. The Bertz CT molecular complexity index is 3290. The van der Waals surface area contributed by atoms with Crippen LogP contribution in [0.1, 0.15) is 0 Å². The summed E-state index contributed by atoms with van der Waals surface area (Å²) in [6.45, 7) is 0. The second-order valence-corrected chi connectivity index (χ2v) is 15.2. The van der Waals surface area contributed by atoms with Crippen LogP contribution in [0.2, 0.25) is 0 Å². The fourth-order valence-electron chi connectivity index (χ4n) is 8.45. The molecule has 0 saturated heterocycles. The molecular weight excluding hydrogens is 729 g/mol. The van der Waals surface area contributed by atoms with Gasteiger partial charge in [-0.1, -0.05) is 164 Å². The quantitative estimate of drug-likeness (QED) is 0.154. The molecule has 11 rings (SSSR count). The van der Waals surface area contributed by atoms with E-state index in [4.69, 9.17) is 9.40 Å². The van der Waals surface area contributed by atoms with Gasteiger partial charge in [0.25, 0.3) is 0 Å². The van der Waals surface area contributed by atoms with Gasteiger partial charge in [-0.05, 0) is 127 Å². The van der Waals surface area contributed by atoms with Crippen LogP contribution in [0, 0.1) is 0 Å². The Balaban J connectivity index is 1.07. The van der Waals surface area contributed by atoms with Crippen molar-refractivity contribution in [1.29, 1.82) is 0 Å². The van der Waals surface area contributed by atoms with Crippen molar-refractivity contribution in [2.24, 2.45) is 0 Å². The second-order valence-electron chi connectivity index (χ2n) is 15.2. The highest BCUT2D eigenvalue weighted by molar-refractivity contribution is 6.11. The smallest absolute Gasteiger partial charge is 0.227 e. The van der Waals surface area contributed by atoms with Crippen LogP contribution in [0.3, 0.4) is 0 Å². The van der Waals surface area contributed by atoms with E-state index in [-0.39, 0.29) is 0 Å². The van der Waals surface area contributed by atoms with Crippen molar-refractivity contribution in [2.75, 3.05) is 4.90 Å². The molecule has 3 nitrogen and oxygen atoms in total. The Morgan fingerprint density at radius 2 is 0.833 bits per heavy atom. The standard InChI is InChI=1S/C57H38N2O/c1-5-15-39(16-6-1)42-25-27-43(28-26-42)57-58-55-38-54(52-23-13-14-24-53(52)56(55)60-57)48-34-47(41-19-9-3-10-20-41)36-51(37-48)59(49-21-11-4-12-22-49)50-32-31-45-33-44(29-30-46(45)35-50)40-17-7-2-8-18-40/h1-38H. The Morgan fingerprint density at radius 1 is 0.317 bits per heavy atom. The van der Waals surface area contributed by atoms with Gasteiger partial charge in [-0.3, -0.25) is 0 Å². The maximum absolute atomic E-state index is 6.62. The van der Waals surface area contributed by atoms with Crippen molar-refractivity contribution in [2.45, 2.75) is 0 Å². The van der Waals surface area contributed by atoms with E-state index in [1.165, 1.54) is 27.5 Å². The first-order chi connectivity index (χ1) is 29.7. The molecule has 11 aromatic rings. The number of anilines is 3. The Hall–Kier alpha value is -8.01. The molecule has 10 aromatic carbocycles. The van der Waals surface area contributed by atoms with E-state index in [2.05, 4.69) is 229 Å². The lowest BCUT2D eigenvalue weighted by atomic mass is 9.93. The summed E-state index contributed by atoms with van der Waals surface area (Å²) in [4.78, 5) is 7.50. The van der Waals surface area contributed by atoms with Crippen LogP contribution in [-0.2, 0) is 0 Å². The minimum atomic E-state index is 0.605. The highest BCUT2D eigenvalue weighted by Gasteiger charge is 2.20. The zero-order valence-corrected chi connectivity index (χ0v) is 32.7. The number of hydrogen-bond acceptors (Lipinski definition) is 3. The van der Waals surface area contributed by atoms with Crippen molar-refractivity contribution in [3.63, 3.8) is 0 Å². The lowest BCUT2D eigenvalue weighted by Gasteiger charge is -2.27. The second kappa shape index (κ2) is 15.1. The lowest BCUT2D eigenvalue weighted by Crippen LogP contribution is -2.10. The molecule has 0 fully saturated rings. The molecule has 0 unspecified atom stereocenters. The SMILES string of the molecule is c1ccc(-c2ccc(-c3nc4cc(-c5cc(-c6ccccc6)cc(N(c6ccccc6)c6ccc7cc(-c8ccccc8)ccc7c6)c5)c5ccccc5c4o3)cc2)cc1. The van der Waals surface area contributed by atoms with Gasteiger partial charge in [0.05, 0.1) is 0 Å². The topological polar surface area (TPSA) is 29.3 Å². The first kappa shape index (κ1) is 35.2. The van der Waals surface area contributed by atoms with E-state index < -0.39 is 0 Å². The first-order valence-corrected chi connectivity index (χ1v) is 20.4. The molecule has 0 atom stereocenters. The summed E-state index contributed by atoms with van der Waals surface area (Å²) in [6.07, 6.45) is 0. The summed E-state index contributed by atoms with van der Waals surface area (Å²) in [5, 5.41) is 4.52. The molecular formula is C57H38N2O. The summed E-state index contributed by atoms with van der Waals surface area (Å²) < 4.78 is 6.62. The molecule has 0 amide bonds. The molecule has 3 heteroatoms. The fourth-order valence-corrected chi connectivity index (χ4v) is 8.45. The van der Waals surface area contributed by atoms with Crippen LogP contribution in [0.4, 0.5) is 17.1 Å². The van der Waals surface area contributed by atoms with Crippen LogP contribution >= 0.6 is 0 Å². The molecule has 0 aliphatic heterocycles. The van der Waals surface area contributed by atoms with Crippen molar-refractivity contribution >= 4 is 49.7 Å². The minimum Gasteiger partial charge on any atom is -0.435 e. The number of oxazole rings is 1.